The Kier molecular flexibility index (Phi) is 7.89. The predicted octanol–water partition coefficient (Wildman–Crippen LogP) is 0.951. The van der Waals surface area contributed by atoms with Gasteiger partial charge in [0.25, 0.3) is 0 Å². The van der Waals surface area contributed by atoms with Crippen molar-refractivity contribution in [3.8, 4) is 0 Å². The first-order valence-electron chi connectivity index (χ1n) is 9.46. The predicted molar refractivity (Wildman–Crippen MR) is 105 cm³/mol. The number of hydrogen-bond acceptors (Lipinski definition) is 4. The minimum atomic E-state index is -3.09. The number of aryl methyl sites for hydroxylation is 1. The van der Waals surface area contributed by atoms with Crippen LogP contribution in [-0.2, 0) is 16.6 Å². The second kappa shape index (κ2) is 9.91. The number of hydrogen-bond donors (Lipinski definition) is 2. The van der Waals surface area contributed by atoms with Crippen molar-refractivity contribution in [2.45, 2.75) is 52.6 Å². The smallest absolute Gasteiger partial charge is 0.214 e. The molecule has 0 amide bonds. The molecule has 0 spiro atoms. The molecule has 1 aromatic rings. The van der Waals surface area contributed by atoms with E-state index < -0.39 is 10.0 Å². The molecule has 1 aliphatic rings. The third kappa shape index (κ3) is 6.28. The number of rotatable bonds is 8. The highest BCUT2D eigenvalue weighted by Crippen LogP contribution is 2.15. The monoisotopic (exact) mass is 384 g/mol. The van der Waals surface area contributed by atoms with Gasteiger partial charge in [0.15, 0.2) is 5.96 Å². The molecular formula is C17H32N6O2S. The van der Waals surface area contributed by atoms with E-state index in [4.69, 9.17) is 0 Å². The highest BCUT2D eigenvalue weighted by Gasteiger charge is 2.27. The van der Waals surface area contributed by atoms with Gasteiger partial charge in [-0.3, -0.25) is 9.67 Å². The molecule has 26 heavy (non-hydrogen) atoms. The minimum absolute atomic E-state index is 0.238. The van der Waals surface area contributed by atoms with Crippen LogP contribution in [0.2, 0.25) is 0 Å². The second-order valence-electron chi connectivity index (χ2n) is 6.68. The molecule has 2 rings (SSSR count). The van der Waals surface area contributed by atoms with Crippen molar-refractivity contribution in [3.05, 3.63) is 18.0 Å². The quantitative estimate of drug-likeness (QED) is 0.514. The number of nitrogens with zero attached hydrogens (tertiary/aromatic N) is 4. The van der Waals surface area contributed by atoms with Crippen LogP contribution in [0.1, 0.15) is 38.7 Å². The van der Waals surface area contributed by atoms with Gasteiger partial charge in [-0.05, 0) is 38.7 Å². The molecule has 1 aromatic heterocycles. The van der Waals surface area contributed by atoms with Gasteiger partial charge in [0.05, 0.1) is 25.0 Å². The van der Waals surface area contributed by atoms with Gasteiger partial charge < -0.3 is 10.6 Å². The summed E-state index contributed by atoms with van der Waals surface area (Å²) in [5.74, 6) is 1.02. The number of aliphatic imine (C=N–C) groups is 1. The molecule has 1 aliphatic heterocycles. The maximum Gasteiger partial charge on any atom is 0.214 e. The number of aromatic nitrogens is 2. The first kappa shape index (κ1) is 20.7. The van der Waals surface area contributed by atoms with Gasteiger partial charge >= 0.3 is 0 Å². The van der Waals surface area contributed by atoms with Crippen molar-refractivity contribution in [3.63, 3.8) is 0 Å². The van der Waals surface area contributed by atoms with Crippen LogP contribution in [0, 0.1) is 6.92 Å². The highest BCUT2D eigenvalue weighted by atomic mass is 32.2. The van der Waals surface area contributed by atoms with Crippen molar-refractivity contribution in [1.82, 2.24) is 24.7 Å². The Balaban J connectivity index is 1.83. The fourth-order valence-electron chi connectivity index (χ4n) is 3.03. The van der Waals surface area contributed by atoms with E-state index in [1.54, 1.807) is 4.31 Å². The van der Waals surface area contributed by atoms with E-state index in [0.29, 0.717) is 26.1 Å². The third-order valence-electron chi connectivity index (χ3n) is 4.36. The molecule has 0 bridgehead atoms. The highest BCUT2D eigenvalue weighted by molar-refractivity contribution is 7.89. The summed E-state index contributed by atoms with van der Waals surface area (Å²) in [7, 11) is -3.09. The summed E-state index contributed by atoms with van der Waals surface area (Å²) < 4.78 is 27.8. The summed E-state index contributed by atoms with van der Waals surface area (Å²) in [5, 5.41) is 11.0. The lowest BCUT2D eigenvalue weighted by Gasteiger charge is -2.32. The topological polar surface area (TPSA) is 91.6 Å². The molecule has 0 aliphatic carbocycles. The number of nitrogens with one attached hydrogen (secondary N) is 2. The van der Waals surface area contributed by atoms with Crippen LogP contribution < -0.4 is 10.6 Å². The van der Waals surface area contributed by atoms with Gasteiger partial charge in [0.2, 0.25) is 10.0 Å². The maximum absolute atomic E-state index is 12.2. The zero-order valence-electron chi connectivity index (χ0n) is 16.1. The fourth-order valence-corrected chi connectivity index (χ4v) is 4.57. The SMILES string of the molecule is CCCS(=O)(=O)N1CCC(NC(=NCCn2cc(C)cn2)NCC)CC1. The molecule has 148 valence electrons. The van der Waals surface area contributed by atoms with Crippen molar-refractivity contribution in [2.24, 2.45) is 4.99 Å². The lowest BCUT2D eigenvalue weighted by atomic mass is 10.1. The first-order chi connectivity index (χ1) is 12.4. The van der Waals surface area contributed by atoms with Crippen LogP contribution >= 0.6 is 0 Å². The number of piperidine rings is 1. The lowest BCUT2D eigenvalue weighted by Crippen LogP contribution is -2.50. The molecule has 0 unspecified atom stereocenters. The van der Waals surface area contributed by atoms with E-state index in [9.17, 15) is 8.42 Å². The largest absolute Gasteiger partial charge is 0.357 e. The summed E-state index contributed by atoms with van der Waals surface area (Å²) >= 11 is 0. The zero-order valence-corrected chi connectivity index (χ0v) is 16.9. The van der Waals surface area contributed by atoms with E-state index in [1.165, 1.54) is 0 Å². The van der Waals surface area contributed by atoms with E-state index in [1.807, 2.05) is 37.8 Å². The van der Waals surface area contributed by atoms with Gasteiger partial charge in [0, 0.05) is 31.9 Å². The van der Waals surface area contributed by atoms with E-state index in [-0.39, 0.29) is 11.8 Å². The summed E-state index contributed by atoms with van der Waals surface area (Å²) in [6.07, 6.45) is 6.10. The molecule has 1 fully saturated rings. The maximum atomic E-state index is 12.2. The summed E-state index contributed by atoms with van der Waals surface area (Å²) in [6.45, 7) is 9.27. The second-order valence-corrected chi connectivity index (χ2v) is 8.76. The fraction of sp³-hybridized carbons (Fsp3) is 0.765. The molecule has 0 aromatic carbocycles. The van der Waals surface area contributed by atoms with Gasteiger partial charge in [-0.15, -0.1) is 0 Å². The van der Waals surface area contributed by atoms with Crippen LogP contribution in [0.15, 0.2) is 17.4 Å². The average molecular weight is 385 g/mol. The van der Waals surface area contributed by atoms with Crippen LogP contribution in [0.25, 0.3) is 0 Å². The summed E-state index contributed by atoms with van der Waals surface area (Å²) in [5.41, 5.74) is 1.14. The molecule has 2 heterocycles. The van der Waals surface area contributed by atoms with Gasteiger partial charge in [-0.2, -0.15) is 5.10 Å². The molecule has 2 N–H and O–H groups in total. The normalized spacial score (nSPS) is 17.4. The molecule has 9 heteroatoms. The van der Waals surface area contributed by atoms with E-state index in [2.05, 4.69) is 20.7 Å². The first-order valence-corrected chi connectivity index (χ1v) is 11.1. The van der Waals surface area contributed by atoms with E-state index >= 15 is 0 Å². The van der Waals surface area contributed by atoms with Gasteiger partial charge in [0.1, 0.15) is 0 Å². The summed E-state index contributed by atoms with van der Waals surface area (Å²) in [6, 6.07) is 0.243. The van der Waals surface area contributed by atoms with Crippen LogP contribution in [0.4, 0.5) is 0 Å². The lowest BCUT2D eigenvalue weighted by molar-refractivity contribution is 0.306. The zero-order chi connectivity index (χ0) is 19.0. The Labute approximate surface area is 157 Å². The van der Waals surface area contributed by atoms with E-state index in [0.717, 1.165) is 37.5 Å². The molecule has 0 atom stereocenters. The average Bonchev–Trinajstić information content (AvgIpc) is 3.01. The van der Waals surface area contributed by atoms with Gasteiger partial charge in [-0.25, -0.2) is 12.7 Å². The Bertz CT molecular complexity index is 677. The Hall–Kier alpha value is -1.61. The molecule has 1 saturated heterocycles. The minimum Gasteiger partial charge on any atom is -0.357 e. The van der Waals surface area contributed by atoms with Crippen molar-refractivity contribution in [2.75, 3.05) is 31.9 Å². The molecule has 0 saturated carbocycles. The number of guanidine groups is 1. The molecular weight excluding hydrogens is 352 g/mol. The molecule has 0 radical (unpaired) electrons. The Morgan fingerprint density at radius 1 is 1.35 bits per heavy atom. The van der Waals surface area contributed by atoms with Crippen LogP contribution in [0.5, 0.6) is 0 Å². The van der Waals surface area contributed by atoms with Crippen LogP contribution in [-0.4, -0.2) is 66.4 Å². The van der Waals surface area contributed by atoms with Crippen LogP contribution in [0.3, 0.4) is 0 Å². The van der Waals surface area contributed by atoms with Crippen molar-refractivity contribution < 1.29 is 8.42 Å². The Morgan fingerprint density at radius 3 is 2.65 bits per heavy atom. The van der Waals surface area contributed by atoms with Crippen molar-refractivity contribution in [1.29, 1.82) is 0 Å². The third-order valence-corrected chi connectivity index (χ3v) is 6.43. The van der Waals surface area contributed by atoms with Crippen molar-refractivity contribution >= 4 is 16.0 Å². The van der Waals surface area contributed by atoms with Gasteiger partial charge in [-0.1, -0.05) is 6.92 Å². The standard InChI is InChI=1S/C17H32N6O2S/c1-4-12-26(24,25)23-9-6-16(7-10-23)21-17(18-5-2)19-8-11-22-14-15(3)13-20-22/h13-14,16H,4-12H2,1-3H3,(H2,18,19,21). The summed E-state index contributed by atoms with van der Waals surface area (Å²) in [4.78, 5) is 4.61. The number of sulfonamides is 1. The Morgan fingerprint density at radius 2 is 2.08 bits per heavy atom. The molecule has 8 nitrogen and oxygen atoms in total.